The van der Waals surface area contributed by atoms with Gasteiger partial charge in [-0.1, -0.05) is 13.8 Å². The van der Waals surface area contributed by atoms with Gasteiger partial charge in [0.15, 0.2) is 0 Å². The van der Waals surface area contributed by atoms with Crippen molar-refractivity contribution in [3.63, 3.8) is 0 Å². The Hall–Kier alpha value is -2.61. The number of nitrogens with one attached hydrogen (secondary N) is 2. The predicted molar refractivity (Wildman–Crippen MR) is 109 cm³/mol. The summed E-state index contributed by atoms with van der Waals surface area (Å²) in [6, 6.07) is 9.49. The van der Waals surface area contributed by atoms with Crippen LogP contribution < -0.4 is 14.9 Å². The van der Waals surface area contributed by atoms with Crippen molar-refractivity contribution in [2.75, 3.05) is 28.0 Å². The van der Waals surface area contributed by atoms with Crippen LogP contribution in [0.1, 0.15) is 33.6 Å². The molecule has 1 heterocycles. The SMILES string of the molecule is CCCN(CCC)c1ccc(NS(=O)(=O)c2ccc(NC(C)=O)cc2)nc1. The quantitative estimate of drug-likeness (QED) is 0.684. The van der Waals surface area contributed by atoms with Crippen LogP contribution in [0.25, 0.3) is 0 Å². The normalized spacial score (nSPS) is 11.1. The summed E-state index contributed by atoms with van der Waals surface area (Å²) in [6.07, 6.45) is 3.74. The monoisotopic (exact) mass is 390 g/mol. The van der Waals surface area contributed by atoms with E-state index in [1.54, 1.807) is 24.4 Å². The molecule has 0 aliphatic rings. The van der Waals surface area contributed by atoms with E-state index in [1.807, 2.05) is 6.07 Å². The van der Waals surface area contributed by atoms with Crippen molar-refractivity contribution in [1.29, 1.82) is 0 Å². The topological polar surface area (TPSA) is 91.4 Å². The molecule has 146 valence electrons. The van der Waals surface area contributed by atoms with Crippen LogP contribution in [0.15, 0.2) is 47.5 Å². The first-order chi connectivity index (χ1) is 12.9. The van der Waals surface area contributed by atoms with Gasteiger partial charge < -0.3 is 10.2 Å². The lowest BCUT2D eigenvalue weighted by Crippen LogP contribution is -2.25. The van der Waals surface area contributed by atoms with Crippen LogP contribution in [0.3, 0.4) is 0 Å². The van der Waals surface area contributed by atoms with E-state index in [4.69, 9.17) is 0 Å². The minimum Gasteiger partial charge on any atom is -0.370 e. The molecule has 0 saturated carbocycles. The van der Waals surface area contributed by atoms with Gasteiger partial charge in [0.05, 0.1) is 16.8 Å². The highest BCUT2D eigenvalue weighted by molar-refractivity contribution is 7.92. The van der Waals surface area contributed by atoms with Crippen molar-refractivity contribution in [3.8, 4) is 0 Å². The summed E-state index contributed by atoms with van der Waals surface area (Å²) in [6.45, 7) is 7.50. The largest absolute Gasteiger partial charge is 0.370 e. The number of aromatic nitrogens is 1. The Morgan fingerprint density at radius 2 is 1.67 bits per heavy atom. The average molecular weight is 391 g/mol. The van der Waals surface area contributed by atoms with E-state index in [2.05, 4.69) is 33.8 Å². The van der Waals surface area contributed by atoms with Gasteiger partial charge in [0.2, 0.25) is 5.91 Å². The molecule has 2 N–H and O–H groups in total. The molecule has 0 fully saturated rings. The third-order valence-electron chi connectivity index (χ3n) is 3.82. The fourth-order valence-corrected chi connectivity index (χ4v) is 3.67. The number of rotatable bonds is 9. The number of hydrogen-bond acceptors (Lipinski definition) is 5. The van der Waals surface area contributed by atoms with E-state index in [-0.39, 0.29) is 16.6 Å². The second-order valence-electron chi connectivity index (χ2n) is 6.20. The molecule has 0 aliphatic heterocycles. The Bertz CT molecular complexity index is 844. The number of anilines is 3. The van der Waals surface area contributed by atoms with Crippen molar-refractivity contribution in [2.45, 2.75) is 38.5 Å². The maximum absolute atomic E-state index is 12.5. The Morgan fingerprint density at radius 1 is 1.04 bits per heavy atom. The zero-order chi connectivity index (χ0) is 19.9. The highest BCUT2D eigenvalue weighted by Crippen LogP contribution is 2.20. The molecule has 27 heavy (non-hydrogen) atoms. The number of carbonyl (C=O) groups excluding carboxylic acids is 1. The molecule has 2 rings (SSSR count). The number of sulfonamides is 1. The van der Waals surface area contributed by atoms with Crippen LogP contribution in [-0.4, -0.2) is 32.4 Å². The van der Waals surface area contributed by atoms with E-state index in [0.717, 1.165) is 31.6 Å². The molecule has 0 radical (unpaired) electrons. The number of hydrogen-bond donors (Lipinski definition) is 2. The molecular weight excluding hydrogens is 364 g/mol. The zero-order valence-corrected chi connectivity index (χ0v) is 16.7. The lowest BCUT2D eigenvalue weighted by Gasteiger charge is -2.23. The van der Waals surface area contributed by atoms with E-state index in [1.165, 1.54) is 19.1 Å². The maximum Gasteiger partial charge on any atom is 0.263 e. The second kappa shape index (κ2) is 9.36. The first kappa shape index (κ1) is 20.7. The van der Waals surface area contributed by atoms with Crippen LogP contribution in [0.2, 0.25) is 0 Å². The molecule has 7 nitrogen and oxygen atoms in total. The van der Waals surface area contributed by atoms with Crippen LogP contribution in [-0.2, 0) is 14.8 Å². The number of carbonyl (C=O) groups is 1. The molecular formula is C19H26N4O3S. The average Bonchev–Trinajstić information content (AvgIpc) is 2.62. The molecule has 8 heteroatoms. The Labute approximate surface area is 160 Å². The summed E-state index contributed by atoms with van der Waals surface area (Å²) >= 11 is 0. The van der Waals surface area contributed by atoms with Gasteiger partial charge >= 0.3 is 0 Å². The number of pyridine rings is 1. The van der Waals surface area contributed by atoms with Gasteiger partial charge in [-0.15, -0.1) is 0 Å². The molecule has 0 spiro atoms. The van der Waals surface area contributed by atoms with Crippen molar-refractivity contribution < 1.29 is 13.2 Å². The Morgan fingerprint density at radius 3 is 2.15 bits per heavy atom. The first-order valence-corrected chi connectivity index (χ1v) is 10.5. The van der Waals surface area contributed by atoms with Gasteiger partial charge in [-0.25, -0.2) is 13.4 Å². The molecule has 2 aromatic rings. The summed E-state index contributed by atoms with van der Waals surface area (Å²) in [7, 11) is -3.75. The molecule has 0 atom stereocenters. The smallest absolute Gasteiger partial charge is 0.263 e. The lowest BCUT2D eigenvalue weighted by molar-refractivity contribution is -0.114. The molecule has 1 amide bonds. The van der Waals surface area contributed by atoms with Gasteiger partial charge in [-0.05, 0) is 49.2 Å². The number of nitrogens with zero attached hydrogens (tertiary/aromatic N) is 2. The highest BCUT2D eigenvalue weighted by Gasteiger charge is 2.15. The van der Waals surface area contributed by atoms with E-state index in [0.29, 0.717) is 5.69 Å². The van der Waals surface area contributed by atoms with Crippen molar-refractivity contribution in [1.82, 2.24) is 4.98 Å². The van der Waals surface area contributed by atoms with Crippen molar-refractivity contribution in [2.24, 2.45) is 0 Å². The zero-order valence-electron chi connectivity index (χ0n) is 15.9. The minimum atomic E-state index is -3.75. The van der Waals surface area contributed by atoms with Crippen molar-refractivity contribution in [3.05, 3.63) is 42.6 Å². The first-order valence-electron chi connectivity index (χ1n) is 8.97. The Balaban J connectivity index is 2.11. The summed E-state index contributed by atoms with van der Waals surface area (Å²) in [5.41, 5.74) is 1.51. The van der Waals surface area contributed by atoms with E-state index >= 15 is 0 Å². The fourth-order valence-electron chi connectivity index (χ4n) is 2.66. The second-order valence-corrected chi connectivity index (χ2v) is 7.88. The molecule has 0 saturated heterocycles. The summed E-state index contributed by atoms with van der Waals surface area (Å²) in [4.78, 5) is 17.6. The van der Waals surface area contributed by atoms with Gasteiger partial charge in [-0.2, -0.15) is 0 Å². The summed E-state index contributed by atoms with van der Waals surface area (Å²) in [5, 5.41) is 2.60. The van der Waals surface area contributed by atoms with Crippen molar-refractivity contribution >= 4 is 33.1 Å². The van der Waals surface area contributed by atoms with Gasteiger partial charge in [-0.3, -0.25) is 9.52 Å². The molecule has 0 aliphatic carbocycles. The minimum absolute atomic E-state index is 0.0982. The lowest BCUT2D eigenvalue weighted by atomic mass is 10.3. The van der Waals surface area contributed by atoms with Crippen LogP contribution in [0.5, 0.6) is 0 Å². The number of amides is 1. The molecule has 0 unspecified atom stereocenters. The standard InChI is InChI=1S/C19H26N4O3S/c1-4-12-23(13-5-2)17-8-11-19(20-14-17)22-27(25,26)18-9-6-16(7-10-18)21-15(3)24/h6-11,14H,4-5,12-13H2,1-3H3,(H,20,22)(H,21,24). The van der Waals surface area contributed by atoms with Gasteiger partial charge in [0.1, 0.15) is 5.82 Å². The number of benzene rings is 1. The van der Waals surface area contributed by atoms with Crippen LogP contribution in [0.4, 0.5) is 17.2 Å². The summed E-state index contributed by atoms with van der Waals surface area (Å²) < 4.78 is 27.5. The highest BCUT2D eigenvalue weighted by atomic mass is 32.2. The van der Waals surface area contributed by atoms with E-state index in [9.17, 15) is 13.2 Å². The third-order valence-corrected chi connectivity index (χ3v) is 5.19. The molecule has 1 aromatic carbocycles. The van der Waals surface area contributed by atoms with Gasteiger partial charge in [0, 0.05) is 25.7 Å². The van der Waals surface area contributed by atoms with E-state index < -0.39 is 10.0 Å². The summed E-state index contributed by atoms with van der Waals surface area (Å²) in [5.74, 6) is 0.0471. The molecule has 0 bridgehead atoms. The van der Waals surface area contributed by atoms with Gasteiger partial charge in [0.25, 0.3) is 10.0 Å². The van der Waals surface area contributed by atoms with Crippen LogP contribution >= 0.6 is 0 Å². The maximum atomic E-state index is 12.5. The Kier molecular flexibility index (Phi) is 7.18. The fraction of sp³-hybridized carbons (Fsp3) is 0.368. The molecule has 1 aromatic heterocycles. The third kappa shape index (κ3) is 5.96. The van der Waals surface area contributed by atoms with Crippen LogP contribution in [0, 0.1) is 0 Å². The predicted octanol–water partition coefficient (Wildman–Crippen LogP) is 3.47.